The van der Waals surface area contributed by atoms with Crippen molar-refractivity contribution in [2.75, 3.05) is 6.61 Å². The molecule has 0 bridgehead atoms. The van der Waals surface area contributed by atoms with E-state index in [4.69, 9.17) is 18.9 Å². The molecular weight excluding hydrogens is 547 g/mol. The van der Waals surface area contributed by atoms with Crippen LogP contribution in [0, 0.1) is 45.3 Å². The lowest BCUT2D eigenvalue weighted by atomic mass is 9.46. The van der Waals surface area contributed by atoms with E-state index in [-0.39, 0.29) is 35.2 Å². The molecule has 5 fully saturated rings. The number of alkyl halides is 1. The van der Waals surface area contributed by atoms with E-state index in [1.807, 2.05) is 0 Å². The molecule has 2 heterocycles. The Balaban J connectivity index is 1.10. The molecule has 7 aliphatic rings. The van der Waals surface area contributed by atoms with Crippen LogP contribution in [0.4, 0.5) is 4.39 Å². The van der Waals surface area contributed by atoms with Gasteiger partial charge in [0.2, 0.25) is 0 Å². The number of hydrogen-bond acceptors (Lipinski definition) is 6. The molecule has 0 aromatic carbocycles. The van der Waals surface area contributed by atoms with Gasteiger partial charge in [0.05, 0.1) is 24.6 Å². The molecule has 1 saturated heterocycles. The first-order valence-electron chi connectivity index (χ1n) is 17.3. The standard InChI is InChI=1S/C36H55FO6/c1-20-16-26(31(33(5,6)37)41-21(2)38)42-25-18-24-23-8-9-27-32(3,4)28(43-29-17-22(39)11-15-40-29)10-12-36(27)19-35(23,36)14-13-34(24,7)30(20)25/h20,22-24,26-29,31,39H,8-19H2,1-7H3. The van der Waals surface area contributed by atoms with Crippen molar-refractivity contribution in [3.63, 3.8) is 0 Å². The quantitative estimate of drug-likeness (QED) is 0.264. The maximum atomic E-state index is 15.3. The van der Waals surface area contributed by atoms with Gasteiger partial charge in [0.25, 0.3) is 0 Å². The van der Waals surface area contributed by atoms with Gasteiger partial charge in [-0.05, 0) is 123 Å². The van der Waals surface area contributed by atoms with E-state index in [0.29, 0.717) is 54.5 Å². The molecule has 242 valence electrons. The summed E-state index contributed by atoms with van der Waals surface area (Å²) in [5.41, 5.74) is 0.823. The van der Waals surface area contributed by atoms with Crippen LogP contribution in [0.2, 0.25) is 0 Å². The molecule has 4 saturated carbocycles. The summed E-state index contributed by atoms with van der Waals surface area (Å²) in [5.74, 6) is 2.81. The van der Waals surface area contributed by atoms with Crippen molar-refractivity contribution >= 4 is 5.97 Å². The normalized spacial score (nSPS) is 49.0. The molecule has 5 aliphatic carbocycles. The molecule has 7 rings (SSSR count). The number of allylic oxidation sites excluding steroid dienone is 2. The van der Waals surface area contributed by atoms with Crippen molar-refractivity contribution in [2.45, 2.75) is 155 Å². The third kappa shape index (κ3) is 4.43. The monoisotopic (exact) mass is 602 g/mol. The van der Waals surface area contributed by atoms with Gasteiger partial charge in [-0.15, -0.1) is 0 Å². The lowest BCUT2D eigenvalue weighted by Crippen LogP contribution is -2.55. The van der Waals surface area contributed by atoms with E-state index in [9.17, 15) is 9.90 Å². The van der Waals surface area contributed by atoms with Gasteiger partial charge in [-0.1, -0.05) is 27.7 Å². The van der Waals surface area contributed by atoms with Crippen LogP contribution >= 0.6 is 0 Å². The van der Waals surface area contributed by atoms with Crippen LogP contribution < -0.4 is 0 Å². The van der Waals surface area contributed by atoms with Crippen molar-refractivity contribution in [1.82, 2.24) is 0 Å². The molecule has 1 N–H and O–H groups in total. The van der Waals surface area contributed by atoms with Gasteiger partial charge in [0, 0.05) is 19.8 Å². The first kappa shape index (κ1) is 30.5. The maximum absolute atomic E-state index is 15.3. The maximum Gasteiger partial charge on any atom is 0.303 e. The second-order valence-electron chi connectivity index (χ2n) is 17.1. The summed E-state index contributed by atoms with van der Waals surface area (Å²) in [7, 11) is 0. The van der Waals surface area contributed by atoms with Gasteiger partial charge in [0.15, 0.2) is 12.4 Å². The molecule has 0 radical (unpaired) electrons. The lowest BCUT2D eigenvalue weighted by Gasteiger charge is -2.59. The van der Waals surface area contributed by atoms with Crippen molar-refractivity contribution in [2.24, 2.45) is 45.3 Å². The molecule has 12 atom stereocenters. The Labute approximate surface area is 257 Å². The van der Waals surface area contributed by atoms with Crippen LogP contribution in [-0.4, -0.2) is 54.1 Å². The highest BCUT2D eigenvalue weighted by Gasteiger charge is 2.80. The van der Waals surface area contributed by atoms with Crippen LogP contribution in [0.5, 0.6) is 0 Å². The highest BCUT2D eigenvalue weighted by Crippen LogP contribution is 2.87. The van der Waals surface area contributed by atoms with E-state index >= 15 is 4.39 Å². The average molecular weight is 603 g/mol. The Bertz CT molecular complexity index is 1170. The van der Waals surface area contributed by atoms with Crippen molar-refractivity contribution in [3.05, 3.63) is 11.3 Å². The second kappa shape index (κ2) is 9.91. The highest BCUT2D eigenvalue weighted by molar-refractivity contribution is 5.66. The van der Waals surface area contributed by atoms with Gasteiger partial charge in [0.1, 0.15) is 11.8 Å². The van der Waals surface area contributed by atoms with Crippen molar-refractivity contribution in [1.29, 1.82) is 0 Å². The molecule has 43 heavy (non-hydrogen) atoms. The van der Waals surface area contributed by atoms with E-state index in [1.165, 1.54) is 64.9 Å². The van der Waals surface area contributed by atoms with Crippen LogP contribution in [-0.2, 0) is 23.7 Å². The number of aliphatic hydroxyl groups is 1. The number of fused-ring (bicyclic) bond motifs is 3. The summed E-state index contributed by atoms with van der Waals surface area (Å²) in [6.07, 6.45) is 9.76. The Morgan fingerprint density at radius 1 is 1.05 bits per heavy atom. The molecule has 0 aromatic rings. The van der Waals surface area contributed by atoms with Gasteiger partial charge >= 0.3 is 5.97 Å². The molecule has 12 unspecified atom stereocenters. The minimum absolute atomic E-state index is 0.0716. The summed E-state index contributed by atoms with van der Waals surface area (Å²) in [6, 6.07) is 0. The first-order valence-corrected chi connectivity index (χ1v) is 17.3. The number of esters is 1. The van der Waals surface area contributed by atoms with Crippen LogP contribution in [0.1, 0.15) is 119 Å². The second-order valence-corrected chi connectivity index (χ2v) is 17.1. The topological polar surface area (TPSA) is 74.2 Å². The van der Waals surface area contributed by atoms with Crippen LogP contribution in [0.15, 0.2) is 11.3 Å². The molecule has 2 spiro atoms. The zero-order valence-electron chi connectivity index (χ0n) is 27.5. The third-order valence-electron chi connectivity index (χ3n) is 14.2. The van der Waals surface area contributed by atoms with Gasteiger partial charge in [-0.3, -0.25) is 4.79 Å². The predicted octanol–water partition coefficient (Wildman–Crippen LogP) is 7.27. The summed E-state index contributed by atoms with van der Waals surface area (Å²) < 4.78 is 40.1. The van der Waals surface area contributed by atoms with Crippen molar-refractivity contribution in [3.8, 4) is 0 Å². The summed E-state index contributed by atoms with van der Waals surface area (Å²) >= 11 is 0. The molecule has 0 aromatic heterocycles. The number of hydrogen-bond donors (Lipinski definition) is 1. The van der Waals surface area contributed by atoms with Crippen molar-refractivity contribution < 1.29 is 33.2 Å². The first-order chi connectivity index (χ1) is 20.1. The zero-order valence-corrected chi connectivity index (χ0v) is 27.5. The molecule has 0 amide bonds. The molecule has 6 nitrogen and oxygen atoms in total. The molecule has 2 aliphatic heterocycles. The predicted molar refractivity (Wildman–Crippen MR) is 160 cm³/mol. The number of carbonyl (C=O) groups excluding carboxylic acids is 1. The molecule has 7 heteroatoms. The van der Waals surface area contributed by atoms with Crippen LogP contribution in [0.3, 0.4) is 0 Å². The smallest absolute Gasteiger partial charge is 0.303 e. The van der Waals surface area contributed by atoms with E-state index in [1.54, 1.807) is 0 Å². The summed E-state index contributed by atoms with van der Waals surface area (Å²) in [4.78, 5) is 11.9. The van der Waals surface area contributed by atoms with Gasteiger partial charge in [-0.2, -0.15) is 0 Å². The fraction of sp³-hybridized carbons (Fsp3) is 0.917. The van der Waals surface area contributed by atoms with Gasteiger partial charge in [-0.25, -0.2) is 4.39 Å². The highest BCUT2D eigenvalue weighted by atomic mass is 19.1. The summed E-state index contributed by atoms with van der Waals surface area (Å²) in [5, 5.41) is 10.2. The largest absolute Gasteiger partial charge is 0.491 e. The fourth-order valence-corrected chi connectivity index (χ4v) is 12.5. The summed E-state index contributed by atoms with van der Waals surface area (Å²) in [6.45, 7) is 14.6. The van der Waals surface area contributed by atoms with E-state index < -0.39 is 23.8 Å². The average Bonchev–Trinajstić information content (AvgIpc) is 3.47. The Kier molecular flexibility index (Phi) is 7.02. The third-order valence-corrected chi connectivity index (χ3v) is 14.2. The van der Waals surface area contributed by atoms with Gasteiger partial charge < -0.3 is 24.1 Å². The Morgan fingerprint density at radius 2 is 1.81 bits per heavy atom. The van der Waals surface area contributed by atoms with E-state index in [0.717, 1.165) is 18.6 Å². The Morgan fingerprint density at radius 3 is 2.51 bits per heavy atom. The van der Waals surface area contributed by atoms with Crippen LogP contribution in [0.25, 0.3) is 0 Å². The fourth-order valence-electron chi connectivity index (χ4n) is 12.5. The Hall–Kier alpha value is -1.18. The number of ether oxygens (including phenoxy) is 4. The zero-order chi connectivity index (χ0) is 30.7. The number of halogens is 1. The number of carbonyl (C=O) groups is 1. The SMILES string of the molecule is CC(=O)OC(C1CC(C)C2=C(CC3C4CCC5C(C)(C)C(OC6CC(O)CCO6)CCC56CC46CCC23C)O1)C(C)(C)F. The number of aliphatic hydroxyl groups excluding tert-OH is 1. The molecular formula is C36H55FO6. The lowest BCUT2D eigenvalue weighted by molar-refractivity contribution is -0.247. The van der Waals surface area contributed by atoms with E-state index in [2.05, 4.69) is 27.7 Å². The minimum atomic E-state index is -1.68. The minimum Gasteiger partial charge on any atom is -0.491 e. The number of rotatable bonds is 5.